The van der Waals surface area contributed by atoms with Crippen LogP contribution in [0, 0.1) is 0 Å². The fourth-order valence-corrected chi connectivity index (χ4v) is 2.12. The molecule has 2 N–H and O–H groups in total. The summed E-state index contributed by atoms with van der Waals surface area (Å²) in [5.74, 6) is 0.202. The van der Waals surface area contributed by atoms with Crippen molar-refractivity contribution >= 4 is 12.0 Å². The third kappa shape index (κ3) is 6.96. The number of ether oxygens (including phenoxy) is 3. The number of nitrogens with one attached hydrogen (secondary N) is 2. The second-order valence-corrected chi connectivity index (χ2v) is 6.67. The van der Waals surface area contributed by atoms with Crippen LogP contribution in [0.25, 0.3) is 0 Å². The summed E-state index contributed by atoms with van der Waals surface area (Å²) in [7, 11) is 0. The maximum atomic E-state index is 12.0. The van der Waals surface area contributed by atoms with Gasteiger partial charge in [0, 0.05) is 31.8 Å². The molecule has 0 spiro atoms. The molecule has 1 aromatic rings. The Morgan fingerprint density at radius 1 is 1.28 bits per heavy atom. The van der Waals surface area contributed by atoms with Gasteiger partial charge in [0.15, 0.2) is 0 Å². The summed E-state index contributed by atoms with van der Waals surface area (Å²) < 4.78 is 16.0. The lowest BCUT2D eigenvalue weighted by Gasteiger charge is -2.19. The van der Waals surface area contributed by atoms with Crippen LogP contribution in [0.2, 0.25) is 0 Å². The molecule has 1 aliphatic rings. The Bertz CT molecular complexity index is 577. The molecule has 8 heteroatoms. The van der Waals surface area contributed by atoms with Gasteiger partial charge in [-0.25, -0.2) is 9.78 Å². The molecule has 2 rings (SSSR count). The van der Waals surface area contributed by atoms with E-state index in [1.54, 1.807) is 32.9 Å². The molecule has 2 heterocycles. The third-order valence-corrected chi connectivity index (χ3v) is 3.25. The van der Waals surface area contributed by atoms with Crippen molar-refractivity contribution in [3.05, 3.63) is 23.9 Å². The molecule has 138 valence electrons. The molecule has 0 unspecified atom stereocenters. The van der Waals surface area contributed by atoms with Crippen molar-refractivity contribution < 1.29 is 23.8 Å². The number of pyridine rings is 1. The predicted octanol–water partition coefficient (Wildman–Crippen LogP) is 1.50. The molecule has 0 saturated carbocycles. The van der Waals surface area contributed by atoms with Gasteiger partial charge in [0.25, 0.3) is 5.91 Å². The van der Waals surface area contributed by atoms with Gasteiger partial charge >= 0.3 is 6.09 Å². The maximum Gasteiger partial charge on any atom is 0.407 e. The Morgan fingerprint density at radius 3 is 2.64 bits per heavy atom. The van der Waals surface area contributed by atoms with E-state index >= 15 is 0 Å². The van der Waals surface area contributed by atoms with Crippen LogP contribution in [0.1, 0.15) is 37.6 Å². The molecule has 1 saturated heterocycles. The van der Waals surface area contributed by atoms with Gasteiger partial charge in [0.1, 0.15) is 11.7 Å². The van der Waals surface area contributed by atoms with E-state index < -0.39 is 11.7 Å². The molecule has 1 aromatic heterocycles. The number of hydrogen-bond donors (Lipinski definition) is 2. The lowest BCUT2D eigenvalue weighted by Crippen LogP contribution is -2.37. The van der Waals surface area contributed by atoms with E-state index in [0.29, 0.717) is 24.7 Å². The first-order valence-electron chi connectivity index (χ1n) is 8.29. The minimum atomic E-state index is -0.548. The third-order valence-electron chi connectivity index (χ3n) is 3.25. The van der Waals surface area contributed by atoms with Crippen LogP contribution in [0.5, 0.6) is 5.88 Å². The molecular formula is C17H25N3O5. The number of amides is 2. The molecule has 25 heavy (non-hydrogen) atoms. The fourth-order valence-electron chi connectivity index (χ4n) is 2.12. The first-order valence-corrected chi connectivity index (χ1v) is 8.29. The number of aromatic nitrogens is 1. The van der Waals surface area contributed by atoms with Crippen LogP contribution >= 0.6 is 0 Å². The monoisotopic (exact) mass is 351 g/mol. The van der Waals surface area contributed by atoms with Gasteiger partial charge in [0.2, 0.25) is 5.88 Å². The van der Waals surface area contributed by atoms with Crippen LogP contribution in [0.4, 0.5) is 4.79 Å². The normalized spacial score (nSPS) is 17.0. The fraction of sp³-hybridized carbons (Fsp3) is 0.588. The highest BCUT2D eigenvalue weighted by Gasteiger charge is 2.18. The number of carbonyl (C=O) groups excluding carboxylic acids is 2. The first kappa shape index (κ1) is 19.0. The predicted molar refractivity (Wildman–Crippen MR) is 90.7 cm³/mol. The number of alkyl carbamates (subject to hydrolysis) is 1. The summed E-state index contributed by atoms with van der Waals surface area (Å²) in [6.07, 6.45) is 1.81. The Balaban J connectivity index is 1.69. The van der Waals surface area contributed by atoms with Gasteiger partial charge in [-0.3, -0.25) is 4.79 Å². The van der Waals surface area contributed by atoms with Gasteiger partial charge in [-0.1, -0.05) is 0 Å². The highest BCUT2D eigenvalue weighted by Crippen LogP contribution is 2.14. The summed E-state index contributed by atoms with van der Waals surface area (Å²) >= 11 is 0. The van der Waals surface area contributed by atoms with Crippen LogP contribution in [0.15, 0.2) is 18.3 Å². The lowest BCUT2D eigenvalue weighted by molar-refractivity contribution is 0.0526. The van der Waals surface area contributed by atoms with Crippen molar-refractivity contribution in [1.82, 2.24) is 15.6 Å². The van der Waals surface area contributed by atoms with Gasteiger partial charge in [-0.05, 0) is 26.8 Å². The van der Waals surface area contributed by atoms with E-state index in [9.17, 15) is 9.59 Å². The second-order valence-electron chi connectivity index (χ2n) is 6.67. The zero-order chi connectivity index (χ0) is 18.3. The van der Waals surface area contributed by atoms with Crippen LogP contribution < -0.4 is 15.4 Å². The van der Waals surface area contributed by atoms with Crippen molar-refractivity contribution in [3.8, 4) is 5.88 Å². The van der Waals surface area contributed by atoms with E-state index in [0.717, 1.165) is 6.42 Å². The molecule has 2 amide bonds. The van der Waals surface area contributed by atoms with Crippen molar-refractivity contribution in [3.63, 3.8) is 0 Å². The average Bonchev–Trinajstić information content (AvgIpc) is 3.03. The summed E-state index contributed by atoms with van der Waals surface area (Å²) in [5.41, 5.74) is -0.125. The number of hydrogen-bond acceptors (Lipinski definition) is 6. The van der Waals surface area contributed by atoms with E-state index in [4.69, 9.17) is 14.2 Å². The second kappa shape index (κ2) is 8.66. The number of rotatable bonds is 6. The zero-order valence-electron chi connectivity index (χ0n) is 14.8. The van der Waals surface area contributed by atoms with Crippen LogP contribution in [-0.2, 0) is 9.47 Å². The van der Waals surface area contributed by atoms with Crippen molar-refractivity contribution in [2.24, 2.45) is 0 Å². The quantitative estimate of drug-likeness (QED) is 0.754. The van der Waals surface area contributed by atoms with E-state index in [1.165, 1.54) is 6.20 Å². The van der Waals surface area contributed by atoms with Crippen molar-refractivity contribution in [1.29, 1.82) is 0 Å². The standard InChI is InChI=1S/C17H25N3O5/c1-17(2,3)25-16(22)19-8-7-18-15(21)12-4-5-14(20-10-12)24-13-6-9-23-11-13/h4-5,10,13H,6-9,11H2,1-3H3,(H,18,21)(H,19,22)/t13-/m1/s1. The van der Waals surface area contributed by atoms with Gasteiger partial charge in [-0.15, -0.1) is 0 Å². The smallest absolute Gasteiger partial charge is 0.407 e. The molecule has 0 aliphatic carbocycles. The molecule has 0 bridgehead atoms. The van der Waals surface area contributed by atoms with Crippen LogP contribution in [-0.4, -0.2) is 55.0 Å². The summed E-state index contributed by atoms with van der Waals surface area (Å²) in [6.45, 7) is 7.18. The Kier molecular flexibility index (Phi) is 6.58. The SMILES string of the molecule is CC(C)(C)OC(=O)NCCNC(=O)c1ccc(O[C@@H]2CCOC2)nc1. The van der Waals surface area contributed by atoms with Crippen molar-refractivity contribution in [2.75, 3.05) is 26.3 Å². The molecule has 1 fully saturated rings. The zero-order valence-corrected chi connectivity index (χ0v) is 14.8. The Labute approximate surface area is 147 Å². The minimum absolute atomic E-state index is 0.0195. The maximum absolute atomic E-state index is 12.0. The summed E-state index contributed by atoms with van der Waals surface area (Å²) in [6, 6.07) is 3.31. The first-order chi connectivity index (χ1) is 11.8. The van der Waals surface area contributed by atoms with Gasteiger partial charge in [0.05, 0.1) is 18.8 Å². The molecule has 0 aromatic carbocycles. The summed E-state index contributed by atoms with van der Waals surface area (Å²) in [4.78, 5) is 27.6. The van der Waals surface area contributed by atoms with E-state index in [-0.39, 0.29) is 25.1 Å². The molecular weight excluding hydrogens is 326 g/mol. The molecule has 1 aliphatic heterocycles. The highest BCUT2D eigenvalue weighted by molar-refractivity contribution is 5.93. The lowest BCUT2D eigenvalue weighted by atomic mass is 10.2. The molecule has 8 nitrogen and oxygen atoms in total. The van der Waals surface area contributed by atoms with Gasteiger partial charge < -0.3 is 24.8 Å². The Morgan fingerprint density at radius 2 is 2.04 bits per heavy atom. The Hall–Kier alpha value is -2.35. The minimum Gasteiger partial charge on any atom is -0.472 e. The number of carbonyl (C=O) groups is 2. The van der Waals surface area contributed by atoms with Crippen LogP contribution in [0.3, 0.4) is 0 Å². The van der Waals surface area contributed by atoms with E-state index in [2.05, 4.69) is 15.6 Å². The molecule has 0 radical (unpaired) electrons. The highest BCUT2D eigenvalue weighted by atomic mass is 16.6. The topological polar surface area (TPSA) is 98.8 Å². The largest absolute Gasteiger partial charge is 0.472 e. The molecule has 1 atom stereocenters. The summed E-state index contributed by atoms with van der Waals surface area (Å²) in [5, 5.41) is 5.27. The average molecular weight is 351 g/mol. The van der Waals surface area contributed by atoms with Crippen molar-refractivity contribution in [2.45, 2.75) is 38.9 Å². The van der Waals surface area contributed by atoms with Gasteiger partial charge in [-0.2, -0.15) is 0 Å². The number of nitrogens with zero attached hydrogens (tertiary/aromatic N) is 1. The van der Waals surface area contributed by atoms with E-state index in [1.807, 2.05) is 0 Å².